The van der Waals surface area contributed by atoms with Crippen LogP contribution in [0.25, 0.3) is 6.08 Å². The standard InChI is InChI=1S/C15H22BNO2/c1-6-12-8-7-9-13(17-12)10-11-16-18-14(2,3)15(4,5)19-16/h7-11H,6H2,1-5H3/b11-10+. The number of hydrogen-bond donors (Lipinski definition) is 0. The fourth-order valence-electron chi connectivity index (χ4n) is 1.93. The molecule has 1 fully saturated rings. The van der Waals surface area contributed by atoms with Crippen molar-refractivity contribution in [2.45, 2.75) is 52.2 Å². The van der Waals surface area contributed by atoms with E-state index < -0.39 is 0 Å². The summed E-state index contributed by atoms with van der Waals surface area (Å²) >= 11 is 0. The average Bonchev–Trinajstić information content (AvgIpc) is 2.56. The van der Waals surface area contributed by atoms with E-state index >= 15 is 0 Å². The maximum absolute atomic E-state index is 5.91. The molecule has 2 rings (SSSR count). The molecule has 0 aromatic carbocycles. The molecule has 19 heavy (non-hydrogen) atoms. The van der Waals surface area contributed by atoms with Gasteiger partial charge in [0, 0.05) is 5.69 Å². The lowest BCUT2D eigenvalue weighted by molar-refractivity contribution is 0.00578. The van der Waals surface area contributed by atoms with E-state index in [0.29, 0.717) is 0 Å². The molecule has 0 radical (unpaired) electrons. The fourth-order valence-corrected chi connectivity index (χ4v) is 1.93. The normalized spacial score (nSPS) is 21.2. The van der Waals surface area contributed by atoms with E-state index in [9.17, 15) is 0 Å². The van der Waals surface area contributed by atoms with E-state index in [4.69, 9.17) is 9.31 Å². The minimum Gasteiger partial charge on any atom is -0.400 e. The molecule has 4 heteroatoms. The summed E-state index contributed by atoms with van der Waals surface area (Å²) < 4.78 is 11.8. The first kappa shape index (κ1) is 14.3. The van der Waals surface area contributed by atoms with Gasteiger partial charge >= 0.3 is 7.12 Å². The first-order chi connectivity index (χ1) is 8.84. The minimum atomic E-state index is -0.308. The number of hydrogen-bond acceptors (Lipinski definition) is 3. The molecule has 0 amide bonds. The molecule has 0 aliphatic carbocycles. The van der Waals surface area contributed by atoms with Gasteiger partial charge < -0.3 is 9.31 Å². The third-order valence-corrected chi connectivity index (χ3v) is 3.89. The van der Waals surface area contributed by atoms with E-state index in [-0.39, 0.29) is 18.3 Å². The molecule has 3 nitrogen and oxygen atoms in total. The van der Waals surface area contributed by atoms with Crippen molar-refractivity contribution in [2.24, 2.45) is 0 Å². The molecule has 0 unspecified atom stereocenters. The van der Waals surface area contributed by atoms with E-state index in [2.05, 4.69) is 39.6 Å². The summed E-state index contributed by atoms with van der Waals surface area (Å²) in [6, 6.07) is 6.04. The zero-order valence-corrected chi connectivity index (χ0v) is 12.4. The van der Waals surface area contributed by atoms with Crippen molar-refractivity contribution < 1.29 is 9.31 Å². The van der Waals surface area contributed by atoms with Crippen LogP contribution in [0.4, 0.5) is 0 Å². The smallest absolute Gasteiger partial charge is 0.400 e. The van der Waals surface area contributed by atoms with Gasteiger partial charge in [-0.25, -0.2) is 0 Å². The maximum Gasteiger partial charge on any atom is 0.487 e. The zero-order chi connectivity index (χ0) is 14.1. The Hall–Kier alpha value is -1.13. The molecule has 0 atom stereocenters. The summed E-state index contributed by atoms with van der Waals surface area (Å²) in [4.78, 5) is 4.53. The van der Waals surface area contributed by atoms with Crippen molar-refractivity contribution in [2.75, 3.05) is 0 Å². The Morgan fingerprint density at radius 3 is 2.37 bits per heavy atom. The summed E-state index contributed by atoms with van der Waals surface area (Å²) in [5.74, 6) is 1.93. The van der Waals surface area contributed by atoms with Crippen LogP contribution in [0.5, 0.6) is 0 Å². The molecule has 0 N–H and O–H groups in total. The predicted molar refractivity (Wildman–Crippen MR) is 78.7 cm³/mol. The number of aryl methyl sites for hydroxylation is 1. The largest absolute Gasteiger partial charge is 0.487 e. The van der Waals surface area contributed by atoms with Gasteiger partial charge in [-0.1, -0.05) is 19.0 Å². The molecule has 1 aromatic heterocycles. The van der Waals surface area contributed by atoms with Crippen LogP contribution in [0.2, 0.25) is 0 Å². The first-order valence-electron chi connectivity index (χ1n) is 6.84. The van der Waals surface area contributed by atoms with Gasteiger partial charge in [0.15, 0.2) is 0 Å². The number of rotatable bonds is 3. The van der Waals surface area contributed by atoms with Crippen molar-refractivity contribution in [3.63, 3.8) is 0 Å². The third-order valence-electron chi connectivity index (χ3n) is 3.89. The highest BCUT2D eigenvalue weighted by Gasteiger charge is 2.49. The van der Waals surface area contributed by atoms with Gasteiger partial charge in [0.25, 0.3) is 0 Å². The lowest BCUT2D eigenvalue weighted by Crippen LogP contribution is -2.41. The minimum absolute atomic E-state index is 0.291. The van der Waals surface area contributed by atoms with Crippen molar-refractivity contribution in [1.82, 2.24) is 4.98 Å². The highest BCUT2D eigenvalue weighted by atomic mass is 16.7. The molecule has 1 aliphatic rings. The Bertz CT molecular complexity index is 467. The van der Waals surface area contributed by atoms with Crippen LogP contribution < -0.4 is 0 Å². The van der Waals surface area contributed by atoms with Crippen LogP contribution in [-0.4, -0.2) is 23.3 Å². The lowest BCUT2D eigenvalue weighted by Gasteiger charge is -2.32. The quantitative estimate of drug-likeness (QED) is 0.780. The van der Waals surface area contributed by atoms with Crippen molar-refractivity contribution in [1.29, 1.82) is 0 Å². The summed E-state index contributed by atoms with van der Waals surface area (Å²) in [6.07, 6.45) is 2.90. The molecular formula is C15H22BNO2. The summed E-state index contributed by atoms with van der Waals surface area (Å²) in [5.41, 5.74) is 1.45. The molecule has 1 aromatic rings. The Labute approximate surface area is 116 Å². The van der Waals surface area contributed by atoms with Gasteiger partial charge in [-0.05, 0) is 52.3 Å². The zero-order valence-electron chi connectivity index (χ0n) is 12.4. The Morgan fingerprint density at radius 1 is 1.16 bits per heavy atom. The number of nitrogens with zero attached hydrogens (tertiary/aromatic N) is 1. The highest BCUT2D eigenvalue weighted by Crippen LogP contribution is 2.36. The van der Waals surface area contributed by atoms with Crippen LogP contribution >= 0.6 is 0 Å². The van der Waals surface area contributed by atoms with Crippen LogP contribution in [0.1, 0.15) is 46.0 Å². The lowest BCUT2D eigenvalue weighted by atomic mass is 9.89. The van der Waals surface area contributed by atoms with E-state index in [1.54, 1.807) is 0 Å². The van der Waals surface area contributed by atoms with Crippen LogP contribution in [0.3, 0.4) is 0 Å². The molecule has 2 heterocycles. The summed E-state index contributed by atoms with van der Waals surface area (Å²) in [6.45, 7) is 10.3. The van der Waals surface area contributed by atoms with Gasteiger partial charge in [0.1, 0.15) is 0 Å². The van der Waals surface area contributed by atoms with E-state index in [0.717, 1.165) is 17.8 Å². The van der Waals surface area contributed by atoms with E-state index in [1.165, 1.54) is 0 Å². The average molecular weight is 259 g/mol. The van der Waals surface area contributed by atoms with Crippen molar-refractivity contribution in [3.05, 3.63) is 35.6 Å². The Balaban J connectivity index is 2.08. The van der Waals surface area contributed by atoms with Gasteiger partial charge in [-0.15, -0.1) is 0 Å². The second kappa shape index (κ2) is 5.10. The Kier molecular flexibility index (Phi) is 3.84. The summed E-state index contributed by atoms with van der Waals surface area (Å²) in [7, 11) is -0.308. The molecular weight excluding hydrogens is 237 g/mol. The van der Waals surface area contributed by atoms with Crippen LogP contribution in [0, 0.1) is 0 Å². The molecule has 102 valence electrons. The van der Waals surface area contributed by atoms with Crippen LogP contribution in [0.15, 0.2) is 24.2 Å². The van der Waals surface area contributed by atoms with Crippen molar-refractivity contribution >= 4 is 13.2 Å². The summed E-state index contributed by atoms with van der Waals surface area (Å²) in [5, 5.41) is 0. The SMILES string of the molecule is CCc1cccc(/C=C/B2OC(C)(C)C(C)(C)O2)n1. The second-order valence-corrected chi connectivity index (χ2v) is 5.89. The van der Waals surface area contributed by atoms with E-state index in [1.807, 2.05) is 30.3 Å². The third kappa shape index (κ3) is 3.07. The second-order valence-electron chi connectivity index (χ2n) is 5.89. The van der Waals surface area contributed by atoms with Crippen LogP contribution in [-0.2, 0) is 15.7 Å². The number of pyridine rings is 1. The number of aromatic nitrogens is 1. The van der Waals surface area contributed by atoms with Gasteiger partial charge in [0.2, 0.25) is 0 Å². The van der Waals surface area contributed by atoms with Gasteiger partial charge in [-0.3, -0.25) is 4.98 Å². The van der Waals surface area contributed by atoms with Gasteiger partial charge in [0.05, 0.1) is 16.9 Å². The maximum atomic E-state index is 5.91. The fraction of sp³-hybridized carbons (Fsp3) is 0.533. The highest BCUT2D eigenvalue weighted by molar-refractivity contribution is 6.52. The molecule has 0 saturated carbocycles. The Morgan fingerprint density at radius 2 is 1.79 bits per heavy atom. The topological polar surface area (TPSA) is 31.4 Å². The molecule has 1 saturated heterocycles. The molecule has 0 bridgehead atoms. The predicted octanol–water partition coefficient (Wildman–Crippen LogP) is 3.29. The monoisotopic (exact) mass is 259 g/mol. The van der Waals surface area contributed by atoms with Gasteiger partial charge in [-0.2, -0.15) is 0 Å². The first-order valence-corrected chi connectivity index (χ1v) is 6.84. The van der Waals surface area contributed by atoms with Crippen molar-refractivity contribution in [3.8, 4) is 0 Å². The molecule has 0 spiro atoms. The molecule has 1 aliphatic heterocycles.